The highest BCUT2D eigenvalue weighted by Crippen LogP contribution is 2.49. The van der Waals surface area contributed by atoms with Crippen LogP contribution in [0.25, 0.3) is 11.1 Å². The summed E-state index contributed by atoms with van der Waals surface area (Å²) >= 11 is 0. The normalized spacial score (nSPS) is 22.2. The average Bonchev–Trinajstić information content (AvgIpc) is 3.14. The fourth-order valence-electron chi connectivity index (χ4n) is 5.55. The lowest BCUT2D eigenvalue weighted by Gasteiger charge is -2.38. The van der Waals surface area contributed by atoms with Crippen LogP contribution in [0.1, 0.15) is 35.6 Å². The van der Waals surface area contributed by atoms with E-state index in [1.807, 2.05) is 6.92 Å². The van der Waals surface area contributed by atoms with Crippen LogP contribution in [-0.2, 0) is 11.3 Å². The monoisotopic (exact) mass is 490 g/mol. The minimum atomic E-state index is -0.762. The summed E-state index contributed by atoms with van der Waals surface area (Å²) < 4.78 is 15.4. The zero-order valence-corrected chi connectivity index (χ0v) is 19.8. The summed E-state index contributed by atoms with van der Waals surface area (Å²) in [5, 5.41) is 13.3. The summed E-state index contributed by atoms with van der Waals surface area (Å²) in [4.78, 5) is 46.4. The van der Waals surface area contributed by atoms with E-state index in [4.69, 9.17) is 0 Å². The van der Waals surface area contributed by atoms with Crippen molar-refractivity contribution in [2.45, 2.75) is 32.0 Å². The number of nitrogens with zero attached hydrogens (tertiary/aromatic N) is 3. The fourth-order valence-corrected chi connectivity index (χ4v) is 5.55. The van der Waals surface area contributed by atoms with Gasteiger partial charge in [-0.15, -0.1) is 0 Å². The number of benzene rings is 1. The largest absolute Gasteiger partial charge is 0.396 e. The third-order valence-electron chi connectivity index (χ3n) is 7.15. The number of aliphatic hydroxyl groups excluding tert-OH is 1. The molecule has 0 aliphatic carbocycles. The molecule has 1 aromatic carbocycles. The van der Waals surface area contributed by atoms with Crippen LogP contribution in [-0.4, -0.2) is 50.6 Å². The molecular weight excluding hydrogens is 463 g/mol. The number of hydrogen-bond donors (Lipinski definition) is 2. The number of carbonyl (C=O) groups is 2. The van der Waals surface area contributed by atoms with Gasteiger partial charge in [0.25, 0.3) is 11.5 Å². The minimum Gasteiger partial charge on any atom is -0.396 e. The first kappa shape index (κ1) is 23.9. The van der Waals surface area contributed by atoms with Gasteiger partial charge >= 0.3 is 0 Å². The van der Waals surface area contributed by atoms with Crippen molar-refractivity contribution in [2.75, 3.05) is 13.2 Å². The van der Waals surface area contributed by atoms with E-state index >= 15 is 0 Å². The molecule has 2 aliphatic rings. The molecule has 9 heteroatoms. The van der Waals surface area contributed by atoms with E-state index in [-0.39, 0.29) is 36.2 Å². The van der Waals surface area contributed by atoms with Gasteiger partial charge in [-0.1, -0.05) is 25.1 Å². The number of nitrogens with one attached hydrogen (secondary N) is 1. The summed E-state index contributed by atoms with van der Waals surface area (Å²) in [6.45, 7) is 2.19. The Balaban J connectivity index is 1.65. The molecular formula is C27H27FN4O4. The number of fused-ring (bicyclic) bond motifs is 4. The van der Waals surface area contributed by atoms with Crippen molar-refractivity contribution < 1.29 is 19.1 Å². The van der Waals surface area contributed by atoms with Gasteiger partial charge in [0, 0.05) is 43.1 Å². The lowest BCUT2D eigenvalue weighted by atomic mass is 9.86. The number of halogens is 1. The number of aromatic nitrogens is 2. The number of rotatable bonds is 6. The van der Waals surface area contributed by atoms with Crippen molar-refractivity contribution in [1.82, 2.24) is 19.8 Å². The Kier molecular flexibility index (Phi) is 6.40. The Morgan fingerprint density at radius 1 is 1.17 bits per heavy atom. The van der Waals surface area contributed by atoms with E-state index < -0.39 is 29.7 Å². The van der Waals surface area contributed by atoms with Crippen LogP contribution < -0.4 is 10.9 Å². The molecule has 2 N–H and O–H groups in total. The molecule has 5 rings (SSSR count). The standard InChI is InChI=1S/C27H27FN4O4/c1-2-11-30-25(34)23-19(15-33)22-14-31-21(24(23)32(22)27(36)20-8-3-4-12-29-20)10-9-18(26(31)35)16-6-5-7-17(28)13-16/h3-10,12-13,19,22-24,33H,2,11,14-15H2,1H3,(H,30,34)/t19-,22-,23+,24+/m0/s1. The molecule has 36 heavy (non-hydrogen) atoms. The average molecular weight is 491 g/mol. The molecule has 8 nitrogen and oxygen atoms in total. The van der Waals surface area contributed by atoms with E-state index in [9.17, 15) is 23.9 Å². The van der Waals surface area contributed by atoms with Gasteiger partial charge in [0.1, 0.15) is 11.5 Å². The topological polar surface area (TPSA) is 105 Å². The van der Waals surface area contributed by atoms with E-state index in [0.717, 1.165) is 6.42 Å². The third-order valence-corrected chi connectivity index (χ3v) is 7.15. The maximum atomic E-state index is 13.9. The van der Waals surface area contributed by atoms with Gasteiger partial charge in [-0.25, -0.2) is 4.39 Å². The number of aliphatic hydroxyl groups is 1. The quantitative estimate of drug-likeness (QED) is 0.552. The zero-order valence-electron chi connectivity index (χ0n) is 19.8. The van der Waals surface area contributed by atoms with Gasteiger partial charge in [0.15, 0.2) is 0 Å². The van der Waals surface area contributed by atoms with Crippen molar-refractivity contribution >= 4 is 11.8 Å². The molecule has 0 spiro atoms. The predicted octanol–water partition coefficient (Wildman–Crippen LogP) is 2.38. The second-order valence-electron chi connectivity index (χ2n) is 9.20. The summed E-state index contributed by atoms with van der Waals surface area (Å²) in [6, 6.07) is 12.8. The summed E-state index contributed by atoms with van der Waals surface area (Å²) in [5.74, 6) is -2.39. The molecule has 186 valence electrons. The Morgan fingerprint density at radius 3 is 2.69 bits per heavy atom. The van der Waals surface area contributed by atoms with Crippen molar-refractivity contribution in [1.29, 1.82) is 0 Å². The van der Waals surface area contributed by atoms with E-state index in [0.29, 0.717) is 23.4 Å². The van der Waals surface area contributed by atoms with Gasteiger partial charge in [-0.2, -0.15) is 0 Å². The fraction of sp³-hybridized carbons (Fsp3) is 0.333. The van der Waals surface area contributed by atoms with Gasteiger partial charge in [-0.05, 0) is 48.4 Å². The first-order valence-electron chi connectivity index (χ1n) is 12.1. The molecule has 0 radical (unpaired) electrons. The molecule has 2 aromatic heterocycles. The summed E-state index contributed by atoms with van der Waals surface area (Å²) in [7, 11) is 0. The third kappa shape index (κ3) is 3.89. The van der Waals surface area contributed by atoms with Crippen LogP contribution in [0.4, 0.5) is 4.39 Å². The molecule has 4 heterocycles. The molecule has 2 aliphatic heterocycles. The number of carbonyl (C=O) groups excluding carboxylic acids is 2. The lowest BCUT2D eigenvalue weighted by molar-refractivity contribution is -0.127. The van der Waals surface area contributed by atoms with Crippen molar-refractivity contribution in [3.63, 3.8) is 0 Å². The molecule has 2 bridgehead atoms. The number of pyridine rings is 2. The highest BCUT2D eigenvalue weighted by Gasteiger charge is 2.57. The van der Waals surface area contributed by atoms with Crippen LogP contribution in [0.15, 0.2) is 65.6 Å². The van der Waals surface area contributed by atoms with Gasteiger partial charge in [0.05, 0.1) is 18.0 Å². The highest BCUT2D eigenvalue weighted by molar-refractivity contribution is 5.94. The molecule has 1 fully saturated rings. The lowest BCUT2D eigenvalue weighted by Crippen LogP contribution is -2.49. The number of hydrogen-bond acceptors (Lipinski definition) is 5. The zero-order chi connectivity index (χ0) is 25.4. The second kappa shape index (κ2) is 9.66. The Bertz CT molecular complexity index is 1360. The molecule has 4 atom stereocenters. The molecule has 0 saturated carbocycles. The second-order valence-corrected chi connectivity index (χ2v) is 9.20. The Morgan fingerprint density at radius 2 is 2.00 bits per heavy atom. The maximum Gasteiger partial charge on any atom is 0.273 e. The number of amides is 2. The molecule has 0 unspecified atom stereocenters. The van der Waals surface area contributed by atoms with Crippen LogP contribution >= 0.6 is 0 Å². The Labute approximate surface area is 207 Å². The predicted molar refractivity (Wildman–Crippen MR) is 130 cm³/mol. The SMILES string of the molecule is CCCNC(=O)[C@@H]1[C@@H](CO)[C@@H]2Cn3c(ccc(-c4cccc(F)c4)c3=O)[C@H]1N2C(=O)c1ccccn1. The highest BCUT2D eigenvalue weighted by atomic mass is 19.1. The van der Waals surface area contributed by atoms with Crippen molar-refractivity contribution in [3.8, 4) is 11.1 Å². The first-order valence-corrected chi connectivity index (χ1v) is 12.1. The van der Waals surface area contributed by atoms with Crippen LogP contribution in [0, 0.1) is 17.7 Å². The van der Waals surface area contributed by atoms with Crippen molar-refractivity contribution in [3.05, 3.63) is 88.4 Å². The van der Waals surface area contributed by atoms with Gasteiger partial charge < -0.3 is 19.9 Å². The Hall–Kier alpha value is -3.85. The van der Waals surface area contributed by atoms with E-state index in [2.05, 4.69) is 10.3 Å². The van der Waals surface area contributed by atoms with E-state index in [1.165, 1.54) is 18.3 Å². The van der Waals surface area contributed by atoms with E-state index in [1.54, 1.807) is 51.9 Å². The van der Waals surface area contributed by atoms with Crippen LogP contribution in [0.5, 0.6) is 0 Å². The van der Waals surface area contributed by atoms with Gasteiger partial charge in [-0.3, -0.25) is 19.4 Å². The minimum absolute atomic E-state index is 0.106. The molecule has 3 aromatic rings. The van der Waals surface area contributed by atoms with Gasteiger partial charge in [0.2, 0.25) is 5.91 Å². The summed E-state index contributed by atoms with van der Waals surface area (Å²) in [5.41, 5.74) is 1.18. The maximum absolute atomic E-state index is 13.9. The molecule has 1 saturated heterocycles. The summed E-state index contributed by atoms with van der Waals surface area (Å²) in [6.07, 6.45) is 2.26. The van der Waals surface area contributed by atoms with Crippen molar-refractivity contribution in [2.24, 2.45) is 11.8 Å². The molecule has 2 amide bonds. The van der Waals surface area contributed by atoms with Crippen LogP contribution in [0.2, 0.25) is 0 Å². The first-order chi connectivity index (χ1) is 17.5. The van der Waals surface area contributed by atoms with Crippen LogP contribution in [0.3, 0.4) is 0 Å². The smallest absolute Gasteiger partial charge is 0.273 e.